The molecule has 0 aromatic heterocycles. The van der Waals surface area contributed by atoms with Gasteiger partial charge in [-0.25, -0.2) is 4.79 Å². The molecular formula is C13H22O6. The fourth-order valence-corrected chi connectivity index (χ4v) is 1.60. The van der Waals surface area contributed by atoms with Crippen molar-refractivity contribution in [3.05, 3.63) is 0 Å². The summed E-state index contributed by atoms with van der Waals surface area (Å²) in [4.78, 5) is 22.7. The first-order valence-corrected chi connectivity index (χ1v) is 6.59. The summed E-state index contributed by atoms with van der Waals surface area (Å²) in [5.74, 6) is -0.286. The van der Waals surface area contributed by atoms with Crippen LogP contribution in [0.15, 0.2) is 0 Å². The van der Waals surface area contributed by atoms with Crippen LogP contribution in [0.5, 0.6) is 0 Å². The van der Waals surface area contributed by atoms with E-state index in [1.165, 1.54) is 6.92 Å². The minimum Gasteiger partial charge on any atom is -0.435 e. The Morgan fingerprint density at radius 2 is 1.89 bits per heavy atom. The number of hydrogen-bond donors (Lipinski definition) is 0. The van der Waals surface area contributed by atoms with E-state index < -0.39 is 12.4 Å². The Hall–Kier alpha value is -1.30. The maximum absolute atomic E-state index is 11.7. The highest BCUT2D eigenvalue weighted by molar-refractivity contribution is 5.76. The molecule has 0 aromatic carbocycles. The molecule has 0 spiro atoms. The van der Waals surface area contributed by atoms with Crippen molar-refractivity contribution in [3.63, 3.8) is 0 Å². The molecule has 1 unspecified atom stereocenters. The van der Waals surface area contributed by atoms with E-state index >= 15 is 0 Å². The Bertz CT molecular complexity index is 314. The van der Waals surface area contributed by atoms with Crippen LogP contribution in [0.25, 0.3) is 0 Å². The molecule has 1 aliphatic rings. The van der Waals surface area contributed by atoms with Gasteiger partial charge >= 0.3 is 12.1 Å². The van der Waals surface area contributed by atoms with Crippen molar-refractivity contribution in [2.45, 2.75) is 46.5 Å². The van der Waals surface area contributed by atoms with E-state index in [0.29, 0.717) is 6.61 Å². The Morgan fingerprint density at radius 1 is 1.21 bits per heavy atom. The second-order valence-corrected chi connectivity index (χ2v) is 4.79. The van der Waals surface area contributed by atoms with Crippen molar-refractivity contribution < 1.29 is 28.5 Å². The second-order valence-electron chi connectivity index (χ2n) is 4.79. The van der Waals surface area contributed by atoms with Crippen LogP contribution in [0.4, 0.5) is 4.79 Å². The van der Waals surface area contributed by atoms with Gasteiger partial charge in [0.1, 0.15) is 0 Å². The lowest BCUT2D eigenvalue weighted by Gasteiger charge is -2.13. The van der Waals surface area contributed by atoms with Gasteiger partial charge in [-0.15, -0.1) is 0 Å². The summed E-state index contributed by atoms with van der Waals surface area (Å²) in [6.45, 7) is 7.83. The van der Waals surface area contributed by atoms with Gasteiger partial charge in [0, 0.05) is 6.92 Å². The molecule has 0 N–H and O–H groups in total. The van der Waals surface area contributed by atoms with Crippen LogP contribution in [0.2, 0.25) is 0 Å². The Balaban J connectivity index is 2.19. The fourth-order valence-electron chi connectivity index (χ4n) is 1.60. The third kappa shape index (κ3) is 5.92. The molecule has 19 heavy (non-hydrogen) atoms. The normalized spacial score (nSPS) is 22.8. The minimum atomic E-state index is -0.932. The topological polar surface area (TPSA) is 71.1 Å². The summed E-state index contributed by atoms with van der Waals surface area (Å²) < 4.78 is 19.8. The molecule has 1 rings (SSSR count). The fraction of sp³-hybridized carbons (Fsp3) is 0.846. The molecule has 0 radical (unpaired) electrons. The van der Waals surface area contributed by atoms with Gasteiger partial charge in [0.15, 0.2) is 0 Å². The number of esters is 1. The first-order valence-electron chi connectivity index (χ1n) is 6.59. The lowest BCUT2D eigenvalue weighted by atomic mass is 10.3. The predicted molar refractivity (Wildman–Crippen MR) is 66.3 cm³/mol. The predicted octanol–water partition coefficient (Wildman–Crippen LogP) is 2.11. The minimum absolute atomic E-state index is 0.146. The van der Waals surface area contributed by atoms with E-state index in [1.807, 2.05) is 13.8 Å². The Labute approximate surface area is 113 Å². The van der Waals surface area contributed by atoms with Crippen LogP contribution < -0.4 is 0 Å². The third-order valence-corrected chi connectivity index (χ3v) is 2.68. The van der Waals surface area contributed by atoms with Gasteiger partial charge in [-0.1, -0.05) is 0 Å². The summed E-state index contributed by atoms with van der Waals surface area (Å²) in [5, 5.41) is 0. The van der Waals surface area contributed by atoms with E-state index in [1.54, 1.807) is 6.92 Å². The highest BCUT2D eigenvalue weighted by Gasteiger charge is 2.45. The summed E-state index contributed by atoms with van der Waals surface area (Å²) in [5.41, 5.74) is 0. The van der Waals surface area contributed by atoms with E-state index in [2.05, 4.69) is 4.74 Å². The monoisotopic (exact) mass is 274 g/mol. The van der Waals surface area contributed by atoms with Gasteiger partial charge in [-0.3, -0.25) is 4.79 Å². The van der Waals surface area contributed by atoms with Crippen LogP contribution in [0.3, 0.4) is 0 Å². The molecule has 0 aromatic rings. The molecule has 0 bridgehead atoms. The maximum atomic E-state index is 11.7. The molecular weight excluding hydrogens is 252 g/mol. The largest absolute Gasteiger partial charge is 0.511 e. The van der Waals surface area contributed by atoms with E-state index in [0.717, 1.165) is 6.42 Å². The van der Waals surface area contributed by atoms with E-state index in [-0.39, 0.29) is 30.5 Å². The zero-order valence-corrected chi connectivity index (χ0v) is 11.9. The van der Waals surface area contributed by atoms with Crippen LogP contribution in [0, 0.1) is 11.8 Å². The molecule has 1 fully saturated rings. The van der Waals surface area contributed by atoms with Gasteiger partial charge in [-0.2, -0.15) is 0 Å². The Kier molecular flexibility index (Phi) is 6.08. The number of carbonyl (C=O) groups excluding carboxylic acids is 2. The van der Waals surface area contributed by atoms with Gasteiger partial charge in [0.05, 0.1) is 25.2 Å². The molecule has 0 amide bonds. The molecule has 0 saturated heterocycles. The van der Waals surface area contributed by atoms with Crippen molar-refractivity contribution in [2.24, 2.45) is 11.8 Å². The number of ether oxygens (including phenoxy) is 4. The van der Waals surface area contributed by atoms with Crippen molar-refractivity contribution in [3.8, 4) is 0 Å². The summed E-state index contributed by atoms with van der Waals surface area (Å²) in [7, 11) is 0. The first-order chi connectivity index (χ1) is 8.93. The molecule has 1 aliphatic carbocycles. The number of hydrogen-bond acceptors (Lipinski definition) is 6. The first kappa shape index (κ1) is 15.8. The summed E-state index contributed by atoms with van der Waals surface area (Å²) >= 11 is 0. The highest BCUT2D eigenvalue weighted by Crippen LogP contribution is 2.40. The number of carbonyl (C=O) groups is 2. The SMILES string of the molecule is CCOC(=O)OC(C)OC(=O)[C@@H]1C[C@H]1COC(C)C. The molecule has 3 atom stereocenters. The van der Waals surface area contributed by atoms with Crippen LogP contribution in [-0.4, -0.2) is 37.7 Å². The molecule has 0 heterocycles. The van der Waals surface area contributed by atoms with Crippen molar-refractivity contribution in [1.29, 1.82) is 0 Å². The zero-order valence-electron chi connectivity index (χ0n) is 11.9. The van der Waals surface area contributed by atoms with Crippen LogP contribution in [-0.2, 0) is 23.7 Å². The van der Waals surface area contributed by atoms with Crippen molar-refractivity contribution in [2.75, 3.05) is 13.2 Å². The average molecular weight is 274 g/mol. The van der Waals surface area contributed by atoms with Gasteiger partial charge in [0.2, 0.25) is 6.29 Å². The van der Waals surface area contributed by atoms with Gasteiger partial charge < -0.3 is 18.9 Å². The van der Waals surface area contributed by atoms with Gasteiger partial charge in [0.25, 0.3) is 0 Å². The lowest BCUT2D eigenvalue weighted by molar-refractivity contribution is -0.170. The summed E-state index contributed by atoms with van der Waals surface area (Å²) in [6.07, 6.45) is -0.849. The highest BCUT2D eigenvalue weighted by atomic mass is 16.8. The second kappa shape index (κ2) is 7.33. The van der Waals surface area contributed by atoms with Crippen molar-refractivity contribution in [1.82, 2.24) is 0 Å². The van der Waals surface area contributed by atoms with Crippen LogP contribution in [0.1, 0.15) is 34.1 Å². The standard InChI is InChI=1S/C13H22O6/c1-5-16-13(15)19-9(4)18-12(14)11-6-10(11)7-17-8(2)3/h8-11H,5-7H2,1-4H3/t9?,10-,11+/m0/s1. The Morgan fingerprint density at radius 3 is 2.47 bits per heavy atom. The molecule has 6 nitrogen and oxygen atoms in total. The van der Waals surface area contributed by atoms with Gasteiger partial charge in [-0.05, 0) is 33.1 Å². The number of rotatable bonds is 7. The van der Waals surface area contributed by atoms with E-state index in [9.17, 15) is 9.59 Å². The lowest BCUT2D eigenvalue weighted by Crippen LogP contribution is -2.23. The van der Waals surface area contributed by atoms with Crippen molar-refractivity contribution >= 4 is 12.1 Å². The molecule has 1 saturated carbocycles. The average Bonchev–Trinajstić information content (AvgIpc) is 3.05. The van der Waals surface area contributed by atoms with Crippen LogP contribution >= 0.6 is 0 Å². The quantitative estimate of drug-likeness (QED) is 0.523. The third-order valence-electron chi connectivity index (χ3n) is 2.68. The molecule has 110 valence electrons. The summed E-state index contributed by atoms with van der Waals surface area (Å²) in [6, 6.07) is 0. The molecule has 6 heteroatoms. The maximum Gasteiger partial charge on any atom is 0.511 e. The molecule has 0 aliphatic heterocycles. The smallest absolute Gasteiger partial charge is 0.435 e. The zero-order chi connectivity index (χ0) is 14.4. The van der Waals surface area contributed by atoms with E-state index in [4.69, 9.17) is 14.2 Å².